The highest BCUT2D eigenvalue weighted by Gasteiger charge is 2.19. The number of rotatable bonds is 6. The van der Waals surface area contributed by atoms with E-state index in [4.69, 9.17) is 16.7 Å². The number of carbonyl (C=O) groups is 1. The van der Waals surface area contributed by atoms with Crippen LogP contribution in [0.4, 0.5) is 5.69 Å². The molecule has 0 saturated carbocycles. The first-order chi connectivity index (χ1) is 8.72. The summed E-state index contributed by atoms with van der Waals surface area (Å²) >= 11 is 5.67. The van der Waals surface area contributed by atoms with Crippen molar-refractivity contribution in [3.05, 3.63) is 23.0 Å². The second-order valence-corrected chi connectivity index (χ2v) is 6.00. The van der Waals surface area contributed by atoms with Crippen LogP contribution < -0.4 is 4.72 Å². The average Bonchev–Trinajstić information content (AvgIpc) is 2.29. The molecule has 1 rings (SSSR count). The molecule has 106 valence electrons. The Bertz CT molecular complexity index is 576. The molecule has 1 heterocycles. The fraction of sp³-hybridized carbons (Fsp3) is 0.400. The van der Waals surface area contributed by atoms with E-state index >= 15 is 0 Å². The molecule has 0 fully saturated rings. The van der Waals surface area contributed by atoms with Gasteiger partial charge >= 0.3 is 16.2 Å². The summed E-state index contributed by atoms with van der Waals surface area (Å²) in [6.07, 6.45) is -0.269. The van der Waals surface area contributed by atoms with Crippen LogP contribution >= 0.6 is 11.6 Å². The van der Waals surface area contributed by atoms with Crippen molar-refractivity contribution >= 4 is 33.5 Å². The van der Waals surface area contributed by atoms with Gasteiger partial charge in [0.1, 0.15) is 5.15 Å². The lowest BCUT2D eigenvalue weighted by Gasteiger charge is -2.18. The first-order valence-corrected chi connectivity index (χ1v) is 7.13. The van der Waals surface area contributed by atoms with Gasteiger partial charge in [0, 0.05) is 13.6 Å². The third-order valence-corrected chi connectivity index (χ3v) is 4.03. The zero-order valence-electron chi connectivity index (χ0n) is 10.4. The summed E-state index contributed by atoms with van der Waals surface area (Å²) in [4.78, 5) is 14.3. The summed E-state index contributed by atoms with van der Waals surface area (Å²) < 4.78 is 27.1. The molecule has 0 aliphatic heterocycles. The second kappa shape index (κ2) is 6.18. The number of nitrogens with one attached hydrogen (secondary N) is 1. The van der Waals surface area contributed by atoms with Crippen LogP contribution in [0.25, 0.3) is 0 Å². The van der Waals surface area contributed by atoms with Gasteiger partial charge < -0.3 is 5.11 Å². The molecule has 1 aromatic rings. The molecule has 0 aliphatic rings. The molecule has 0 aliphatic carbocycles. The van der Waals surface area contributed by atoms with E-state index < -0.39 is 16.2 Å². The van der Waals surface area contributed by atoms with Crippen molar-refractivity contribution in [1.82, 2.24) is 9.29 Å². The summed E-state index contributed by atoms with van der Waals surface area (Å²) in [6.45, 7) is 1.49. The zero-order valence-corrected chi connectivity index (χ0v) is 12.0. The van der Waals surface area contributed by atoms with E-state index in [0.29, 0.717) is 11.4 Å². The predicted molar refractivity (Wildman–Crippen MR) is 71.4 cm³/mol. The predicted octanol–water partition coefficient (Wildman–Crippen LogP) is 1.11. The average molecular weight is 308 g/mol. The molecule has 19 heavy (non-hydrogen) atoms. The molecular weight excluding hydrogens is 294 g/mol. The van der Waals surface area contributed by atoms with E-state index in [2.05, 4.69) is 9.71 Å². The first kappa shape index (κ1) is 15.7. The van der Waals surface area contributed by atoms with Crippen LogP contribution in [0.3, 0.4) is 0 Å². The molecule has 1 aromatic heterocycles. The number of carboxylic acids is 1. The number of halogens is 1. The van der Waals surface area contributed by atoms with Crippen molar-refractivity contribution < 1.29 is 18.3 Å². The van der Waals surface area contributed by atoms with Gasteiger partial charge in [0.25, 0.3) is 0 Å². The van der Waals surface area contributed by atoms with E-state index in [0.717, 1.165) is 4.31 Å². The highest BCUT2D eigenvalue weighted by Crippen LogP contribution is 2.17. The molecule has 0 aromatic carbocycles. The summed E-state index contributed by atoms with van der Waals surface area (Å²) in [7, 11) is -2.51. The van der Waals surface area contributed by atoms with E-state index in [9.17, 15) is 13.2 Å². The second-order valence-electron chi connectivity index (χ2n) is 3.84. The van der Waals surface area contributed by atoms with Crippen LogP contribution in [0.1, 0.15) is 12.1 Å². The van der Waals surface area contributed by atoms with Crippen molar-refractivity contribution in [2.75, 3.05) is 18.3 Å². The number of anilines is 1. The normalized spacial score (nSPS) is 11.6. The number of pyridine rings is 1. The van der Waals surface area contributed by atoms with E-state index in [-0.39, 0.29) is 18.1 Å². The minimum atomic E-state index is -3.81. The molecular formula is C10H14ClN3O4S. The topological polar surface area (TPSA) is 99.6 Å². The van der Waals surface area contributed by atoms with Gasteiger partial charge in [0.15, 0.2) is 0 Å². The lowest BCUT2D eigenvalue weighted by Crippen LogP contribution is -2.34. The fourth-order valence-electron chi connectivity index (χ4n) is 1.23. The SMILES string of the molecule is Cc1nc(Cl)ccc1NS(=O)(=O)N(C)CCC(=O)O. The highest BCUT2D eigenvalue weighted by molar-refractivity contribution is 7.90. The number of aliphatic carboxylic acids is 1. The van der Waals surface area contributed by atoms with Crippen molar-refractivity contribution in [3.8, 4) is 0 Å². The molecule has 9 heteroatoms. The van der Waals surface area contributed by atoms with Crippen LogP contribution in [-0.4, -0.2) is 42.4 Å². The Labute approximate surface area is 116 Å². The zero-order chi connectivity index (χ0) is 14.6. The van der Waals surface area contributed by atoms with E-state index in [1.807, 2.05) is 0 Å². The van der Waals surface area contributed by atoms with Crippen LogP contribution in [0.5, 0.6) is 0 Å². The summed E-state index contributed by atoms with van der Waals surface area (Å²) in [5, 5.41) is 8.79. The van der Waals surface area contributed by atoms with Gasteiger partial charge in [-0.05, 0) is 19.1 Å². The third kappa shape index (κ3) is 4.66. The largest absolute Gasteiger partial charge is 0.481 e. The molecule has 2 N–H and O–H groups in total. The van der Waals surface area contributed by atoms with Crippen LogP contribution in [0.2, 0.25) is 5.15 Å². The molecule has 7 nitrogen and oxygen atoms in total. The standard InChI is InChI=1S/C10H14ClN3O4S/c1-7-8(3-4-9(11)12-7)13-19(17,18)14(2)6-5-10(15)16/h3-4,13H,5-6H2,1-2H3,(H,15,16). The number of aromatic nitrogens is 1. The number of carboxylic acid groups (broad SMARTS) is 1. The van der Waals surface area contributed by atoms with Gasteiger partial charge in [0.05, 0.1) is 17.8 Å². The maximum Gasteiger partial charge on any atom is 0.304 e. The molecule has 0 spiro atoms. The van der Waals surface area contributed by atoms with Gasteiger partial charge in [0.2, 0.25) is 0 Å². The monoisotopic (exact) mass is 307 g/mol. The molecule has 0 bridgehead atoms. The quantitative estimate of drug-likeness (QED) is 0.767. The summed E-state index contributed by atoms with van der Waals surface area (Å²) in [5.41, 5.74) is 0.731. The molecule has 0 unspecified atom stereocenters. The number of nitrogens with zero attached hydrogens (tertiary/aromatic N) is 2. The van der Waals surface area contributed by atoms with Crippen molar-refractivity contribution in [1.29, 1.82) is 0 Å². The van der Waals surface area contributed by atoms with Gasteiger partial charge in [-0.25, -0.2) is 4.98 Å². The molecule has 0 amide bonds. The highest BCUT2D eigenvalue weighted by atomic mass is 35.5. The Balaban J connectivity index is 2.81. The van der Waals surface area contributed by atoms with Gasteiger partial charge in [-0.15, -0.1) is 0 Å². The van der Waals surface area contributed by atoms with Crippen LogP contribution in [-0.2, 0) is 15.0 Å². The lowest BCUT2D eigenvalue weighted by atomic mass is 10.3. The first-order valence-electron chi connectivity index (χ1n) is 5.31. The Morgan fingerprint density at radius 2 is 2.16 bits per heavy atom. The van der Waals surface area contributed by atoms with Gasteiger partial charge in [-0.2, -0.15) is 12.7 Å². The maximum absolute atomic E-state index is 11.9. The smallest absolute Gasteiger partial charge is 0.304 e. The van der Waals surface area contributed by atoms with Crippen LogP contribution in [0, 0.1) is 6.92 Å². The Morgan fingerprint density at radius 1 is 1.53 bits per heavy atom. The fourth-order valence-corrected chi connectivity index (χ4v) is 2.40. The lowest BCUT2D eigenvalue weighted by molar-refractivity contribution is -0.137. The van der Waals surface area contributed by atoms with Crippen molar-refractivity contribution in [3.63, 3.8) is 0 Å². The molecule has 0 atom stereocenters. The Morgan fingerprint density at radius 3 is 2.68 bits per heavy atom. The Kier molecular flexibility index (Phi) is 5.10. The number of hydrogen-bond donors (Lipinski definition) is 2. The van der Waals surface area contributed by atoms with Crippen molar-refractivity contribution in [2.24, 2.45) is 0 Å². The third-order valence-electron chi connectivity index (χ3n) is 2.34. The summed E-state index contributed by atoms with van der Waals surface area (Å²) in [6, 6.07) is 2.96. The Hall–Kier alpha value is -1.38. The van der Waals surface area contributed by atoms with Gasteiger partial charge in [-0.1, -0.05) is 11.6 Å². The number of hydrogen-bond acceptors (Lipinski definition) is 4. The minimum Gasteiger partial charge on any atom is -0.481 e. The van der Waals surface area contributed by atoms with E-state index in [1.165, 1.54) is 19.2 Å². The van der Waals surface area contributed by atoms with Crippen LogP contribution in [0.15, 0.2) is 12.1 Å². The van der Waals surface area contributed by atoms with Gasteiger partial charge in [-0.3, -0.25) is 9.52 Å². The van der Waals surface area contributed by atoms with Crippen molar-refractivity contribution in [2.45, 2.75) is 13.3 Å². The summed E-state index contributed by atoms with van der Waals surface area (Å²) in [5.74, 6) is -1.06. The molecule has 0 radical (unpaired) electrons. The molecule has 0 saturated heterocycles. The minimum absolute atomic E-state index is 0.120. The van der Waals surface area contributed by atoms with E-state index in [1.54, 1.807) is 6.92 Å². The maximum atomic E-state index is 11.9. The number of aryl methyl sites for hydroxylation is 1.